The topological polar surface area (TPSA) is 77.4 Å². The van der Waals surface area contributed by atoms with Gasteiger partial charge in [-0.15, -0.1) is 0 Å². The minimum absolute atomic E-state index is 0.110. The summed E-state index contributed by atoms with van der Waals surface area (Å²) >= 11 is 0. The van der Waals surface area contributed by atoms with Crippen LogP contribution < -0.4 is 0 Å². The lowest BCUT2D eigenvalue weighted by Crippen LogP contribution is -2.46. The Bertz CT molecular complexity index is 1220. The highest BCUT2D eigenvalue weighted by atomic mass is 16.6. The Morgan fingerprint density at radius 2 is 1.50 bits per heavy atom. The van der Waals surface area contributed by atoms with Crippen LogP contribution in [0.3, 0.4) is 0 Å². The highest BCUT2D eigenvalue weighted by Crippen LogP contribution is 2.24. The average molecular weight is 543 g/mol. The van der Waals surface area contributed by atoms with Gasteiger partial charge in [-0.3, -0.25) is 4.79 Å². The van der Waals surface area contributed by atoms with Crippen molar-refractivity contribution in [1.82, 2.24) is 4.90 Å². The maximum absolute atomic E-state index is 14.1. The van der Waals surface area contributed by atoms with Crippen molar-refractivity contribution < 1.29 is 23.9 Å². The van der Waals surface area contributed by atoms with Crippen LogP contribution in [0.4, 0.5) is 4.79 Å². The van der Waals surface area contributed by atoms with E-state index in [9.17, 15) is 9.59 Å². The minimum Gasteiger partial charge on any atom is -0.447 e. The number of unbranched alkanes of at least 4 members (excludes halogenated alkanes) is 2. The maximum atomic E-state index is 14.1. The summed E-state index contributed by atoms with van der Waals surface area (Å²) in [6, 6.07) is 29.0. The van der Waals surface area contributed by atoms with Crippen LogP contribution in [0.5, 0.6) is 0 Å². The third-order valence-corrected chi connectivity index (χ3v) is 6.93. The number of hydrogen-bond donors (Lipinski definition) is 0. The van der Waals surface area contributed by atoms with Crippen molar-refractivity contribution in [3.8, 4) is 0 Å². The van der Waals surface area contributed by atoms with E-state index in [1.807, 2.05) is 91.0 Å². The van der Waals surface area contributed by atoms with Crippen LogP contribution in [0.15, 0.2) is 96.2 Å². The highest BCUT2D eigenvalue weighted by Gasteiger charge is 2.42. The Labute approximate surface area is 236 Å². The molecule has 0 aliphatic carbocycles. The summed E-state index contributed by atoms with van der Waals surface area (Å²) < 4.78 is 11.4. The summed E-state index contributed by atoms with van der Waals surface area (Å²) in [5, 5.41) is 4.45. The van der Waals surface area contributed by atoms with Crippen molar-refractivity contribution in [3.05, 3.63) is 108 Å². The summed E-state index contributed by atoms with van der Waals surface area (Å²) in [6.45, 7) is 3.03. The summed E-state index contributed by atoms with van der Waals surface area (Å²) in [4.78, 5) is 34.0. The number of cyclic esters (lactones) is 1. The predicted octanol–water partition coefficient (Wildman–Crippen LogP) is 6.56. The van der Waals surface area contributed by atoms with Gasteiger partial charge in [0.15, 0.2) is 0 Å². The van der Waals surface area contributed by atoms with E-state index in [1.54, 1.807) is 0 Å². The van der Waals surface area contributed by atoms with Gasteiger partial charge in [0.05, 0.1) is 30.9 Å². The first-order chi connectivity index (χ1) is 19.7. The molecule has 1 aliphatic rings. The number of amides is 2. The number of benzene rings is 3. The second-order valence-corrected chi connectivity index (χ2v) is 10.00. The van der Waals surface area contributed by atoms with Crippen molar-refractivity contribution in [1.29, 1.82) is 0 Å². The molecule has 4 rings (SSSR count). The Kier molecular flexibility index (Phi) is 11.3. The molecule has 0 spiro atoms. The lowest BCUT2D eigenvalue weighted by atomic mass is 9.93. The van der Waals surface area contributed by atoms with Crippen molar-refractivity contribution in [2.24, 2.45) is 11.1 Å². The monoisotopic (exact) mass is 542 g/mol. The fourth-order valence-electron chi connectivity index (χ4n) is 4.77. The van der Waals surface area contributed by atoms with Gasteiger partial charge in [0.1, 0.15) is 13.2 Å². The van der Waals surface area contributed by atoms with Gasteiger partial charge in [0.2, 0.25) is 5.91 Å². The van der Waals surface area contributed by atoms with E-state index >= 15 is 0 Å². The van der Waals surface area contributed by atoms with E-state index in [0.29, 0.717) is 25.2 Å². The lowest BCUT2D eigenvalue weighted by molar-refractivity contribution is -0.131. The van der Waals surface area contributed by atoms with Gasteiger partial charge in [-0.1, -0.05) is 122 Å². The molecular weight excluding hydrogens is 504 g/mol. The number of rotatable bonds is 15. The molecule has 40 heavy (non-hydrogen) atoms. The van der Waals surface area contributed by atoms with Crippen LogP contribution in [-0.2, 0) is 38.7 Å². The molecule has 3 aromatic carbocycles. The first-order valence-corrected chi connectivity index (χ1v) is 14.0. The summed E-state index contributed by atoms with van der Waals surface area (Å²) in [5.41, 5.74) is 3.51. The molecule has 0 aromatic heterocycles. The number of carbonyl (C=O) groups is 2. The summed E-state index contributed by atoms with van der Waals surface area (Å²) in [7, 11) is 0. The van der Waals surface area contributed by atoms with Gasteiger partial charge < -0.3 is 14.3 Å². The van der Waals surface area contributed by atoms with Gasteiger partial charge >= 0.3 is 6.09 Å². The number of hydrogen-bond acceptors (Lipinski definition) is 6. The smallest absolute Gasteiger partial charge is 0.417 e. The Balaban J connectivity index is 1.55. The second-order valence-electron chi connectivity index (χ2n) is 10.00. The molecule has 2 amide bonds. The van der Waals surface area contributed by atoms with Crippen LogP contribution in [0.25, 0.3) is 0 Å². The van der Waals surface area contributed by atoms with Crippen LogP contribution in [0.2, 0.25) is 0 Å². The Morgan fingerprint density at radius 1 is 0.900 bits per heavy atom. The SMILES string of the molecule is CCCCC[C@@H](C(=O)N1C(=O)OC[C@@H]1Cc1ccccc1)/C(COCc1ccccc1)=N/OCc1ccccc1. The highest BCUT2D eigenvalue weighted by molar-refractivity contribution is 6.09. The quantitative estimate of drug-likeness (QED) is 0.123. The van der Waals surface area contributed by atoms with E-state index in [4.69, 9.17) is 14.3 Å². The van der Waals surface area contributed by atoms with Crippen molar-refractivity contribution >= 4 is 17.7 Å². The van der Waals surface area contributed by atoms with Crippen LogP contribution in [0.1, 0.15) is 49.3 Å². The number of ether oxygens (including phenoxy) is 2. The third kappa shape index (κ3) is 8.52. The Hall–Kier alpha value is -3.97. The van der Waals surface area contributed by atoms with E-state index in [-0.39, 0.29) is 31.8 Å². The molecule has 3 aromatic rings. The molecule has 1 saturated heterocycles. The summed E-state index contributed by atoms with van der Waals surface area (Å²) in [5.74, 6) is -0.980. The molecule has 0 bridgehead atoms. The van der Waals surface area contributed by atoms with E-state index in [0.717, 1.165) is 36.0 Å². The third-order valence-electron chi connectivity index (χ3n) is 6.93. The maximum Gasteiger partial charge on any atom is 0.417 e. The minimum atomic E-state index is -0.665. The normalized spacial score (nSPS) is 16.0. The van der Waals surface area contributed by atoms with Gasteiger partial charge in [0.25, 0.3) is 0 Å². The molecule has 7 nitrogen and oxygen atoms in total. The molecular formula is C33H38N2O5. The molecule has 0 saturated carbocycles. The van der Waals surface area contributed by atoms with Crippen molar-refractivity contribution in [2.75, 3.05) is 13.2 Å². The van der Waals surface area contributed by atoms with Gasteiger partial charge in [-0.25, -0.2) is 9.69 Å². The molecule has 0 N–H and O–H groups in total. The molecule has 1 fully saturated rings. The van der Waals surface area contributed by atoms with Crippen LogP contribution >= 0.6 is 0 Å². The van der Waals surface area contributed by atoms with Crippen molar-refractivity contribution in [2.45, 2.75) is 58.3 Å². The molecule has 0 radical (unpaired) electrons. The fourth-order valence-corrected chi connectivity index (χ4v) is 4.77. The zero-order valence-corrected chi connectivity index (χ0v) is 23.1. The van der Waals surface area contributed by atoms with E-state index in [1.165, 1.54) is 4.90 Å². The predicted molar refractivity (Wildman–Crippen MR) is 155 cm³/mol. The zero-order valence-electron chi connectivity index (χ0n) is 23.1. The summed E-state index contributed by atoms with van der Waals surface area (Å²) in [6.07, 6.45) is 3.24. The first-order valence-electron chi connectivity index (χ1n) is 14.0. The molecule has 2 atom stereocenters. The van der Waals surface area contributed by atoms with Gasteiger partial charge in [-0.05, 0) is 29.5 Å². The van der Waals surface area contributed by atoms with E-state index in [2.05, 4.69) is 12.1 Å². The van der Waals surface area contributed by atoms with E-state index < -0.39 is 12.0 Å². The number of carbonyl (C=O) groups excluding carboxylic acids is 2. The molecule has 210 valence electrons. The second kappa shape index (κ2) is 15.6. The zero-order chi connectivity index (χ0) is 28.0. The van der Waals surface area contributed by atoms with Gasteiger partial charge in [0, 0.05) is 0 Å². The molecule has 1 heterocycles. The Morgan fingerprint density at radius 3 is 2.12 bits per heavy atom. The van der Waals surface area contributed by atoms with Crippen molar-refractivity contribution in [3.63, 3.8) is 0 Å². The average Bonchev–Trinajstić information content (AvgIpc) is 3.35. The number of imide groups is 1. The lowest BCUT2D eigenvalue weighted by Gasteiger charge is -2.26. The fraction of sp³-hybridized carbons (Fsp3) is 0.364. The number of nitrogens with zero attached hydrogens (tertiary/aromatic N) is 2. The molecule has 7 heteroatoms. The number of oxime groups is 1. The largest absolute Gasteiger partial charge is 0.447 e. The first kappa shape index (κ1) is 29.0. The molecule has 1 aliphatic heterocycles. The molecule has 0 unspecified atom stereocenters. The standard InChI is InChI=1S/C33H38N2O5/c1-2-3-7-20-30(32(36)35-29(24-39-33(35)37)21-26-14-8-4-9-15-26)31(25-38-22-27-16-10-5-11-17-27)34-40-23-28-18-12-6-13-19-28/h4-6,8-19,29-30H,2-3,7,20-25H2,1H3/b34-31+/t29-,30+/m0/s1. The van der Waals surface area contributed by atoms with Crippen LogP contribution in [-0.4, -0.2) is 41.9 Å². The van der Waals surface area contributed by atoms with Gasteiger partial charge in [-0.2, -0.15) is 0 Å². The van der Waals surface area contributed by atoms with Crippen LogP contribution in [0, 0.1) is 5.92 Å².